The molecule has 1 aromatic carbocycles. The molecule has 1 aliphatic heterocycles. The van der Waals surface area contributed by atoms with Crippen LogP contribution in [-0.2, 0) is 6.54 Å². The Hall–Kier alpha value is -2.30. The lowest BCUT2D eigenvalue weighted by Crippen LogP contribution is -2.13. The maximum absolute atomic E-state index is 13.1. The Morgan fingerprint density at radius 1 is 1.11 bits per heavy atom. The van der Waals surface area contributed by atoms with Gasteiger partial charge in [-0.2, -0.15) is 0 Å². The van der Waals surface area contributed by atoms with E-state index in [4.69, 9.17) is 0 Å². The van der Waals surface area contributed by atoms with Gasteiger partial charge in [-0.1, -0.05) is 6.07 Å². The molecule has 1 aliphatic rings. The lowest BCUT2D eigenvalue weighted by molar-refractivity contribution is 0.509. The van der Waals surface area contributed by atoms with E-state index in [9.17, 15) is 8.78 Å². The van der Waals surface area contributed by atoms with Crippen molar-refractivity contribution in [2.24, 2.45) is 4.99 Å². The van der Waals surface area contributed by atoms with Crippen molar-refractivity contribution in [3.63, 3.8) is 0 Å². The maximum atomic E-state index is 13.1. The summed E-state index contributed by atoms with van der Waals surface area (Å²) < 4.78 is 25.9. The Morgan fingerprint density at radius 2 is 2.00 bits per heavy atom. The minimum atomic E-state index is -0.889. The minimum absolute atomic E-state index is 0.450. The van der Waals surface area contributed by atoms with Crippen LogP contribution < -0.4 is 5.32 Å². The first-order valence-corrected chi connectivity index (χ1v) is 5.45. The van der Waals surface area contributed by atoms with Crippen LogP contribution in [0.25, 0.3) is 0 Å². The van der Waals surface area contributed by atoms with Crippen LogP contribution in [0.2, 0.25) is 0 Å². The number of rotatable bonds is 1. The van der Waals surface area contributed by atoms with Crippen LogP contribution in [0, 0.1) is 11.6 Å². The highest BCUT2D eigenvalue weighted by Gasteiger charge is 2.17. The third kappa shape index (κ3) is 1.84. The predicted molar refractivity (Wildman–Crippen MR) is 64.5 cm³/mol. The van der Waals surface area contributed by atoms with Gasteiger partial charge >= 0.3 is 0 Å². The third-order valence-electron chi connectivity index (χ3n) is 2.71. The van der Waals surface area contributed by atoms with Gasteiger partial charge in [0.1, 0.15) is 5.69 Å². The highest BCUT2D eigenvalue weighted by atomic mass is 19.2. The minimum Gasteiger partial charge on any atom is -0.339 e. The van der Waals surface area contributed by atoms with Crippen molar-refractivity contribution < 1.29 is 8.78 Å². The van der Waals surface area contributed by atoms with Crippen LogP contribution in [0.3, 0.4) is 0 Å². The summed E-state index contributed by atoms with van der Waals surface area (Å²) in [5.41, 5.74) is 2.22. The first-order valence-electron chi connectivity index (χ1n) is 5.45. The number of nitrogens with one attached hydrogen (secondary N) is 1. The van der Waals surface area contributed by atoms with E-state index in [1.807, 2.05) is 12.1 Å². The summed E-state index contributed by atoms with van der Waals surface area (Å²) in [6.45, 7) is 0.551. The normalized spacial score (nSPS) is 13.1. The number of hydrogen-bond donors (Lipinski definition) is 1. The zero-order valence-electron chi connectivity index (χ0n) is 9.32. The smallest absolute Gasteiger partial charge is 0.160 e. The maximum Gasteiger partial charge on any atom is 0.160 e. The summed E-state index contributed by atoms with van der Waals surface area (Å²) in [5, 5.41) is 2.95. The molecule has 0 atom stereocenters. The SMILES string of the molecule is Fc1ccc(NC2=NCc3cccnc32)cc1F. The summed E-state index contributed by atoms with van der Waals surface area (Å²) in [5.74, 6) is -1.18. The average molecular weight is 245 g/mol. The Balaban J connectivity index is 1.88. The predicted octanol–water partition coefficient (Wildman–Crippen LogP) is 2.73. The monoisotopic (exact) mass is 245 g/mol. The number of aliphatic imine (C=N–C) groups is 1. The topological polar surface area (TPSA) is 37.3 Å². The Bertz CT molecular complexity index is 638. The number of anilines is 1. The quantitative estimate of drug-likeness (QED) is 0.838. The van der Waals surface area contributed by atoms with E-state index in [2.05, 4.69) is 15.3 Å². The van der Waals surface area contributed by atoms with Gasteiger partial charge in [0.25, 0.3) is 0 Å². The second kappa shape index (κ2) is 4.18. The van der Waals surface area contributed by atoms with Gasteiger partial charge in [0, 0.05) is 23.5 Å². The molecule has 2 aromatic rings. The largest absolute Gasteiger partial charge is 0.339 e. The molecule has 3 nitrogen and oxygen atoms in total. The number of benzene rings is 1. The van der Waals surface area contributed by atoms with Gasteiger partial charge in [-0.3, -0.25) is 9.98 Å². The molecule has 1 aromatic heterocycles. The summed E-state index contributed by atoms with van der Waals surface area (Å²) in [7, 11) is 0. The van der Waals surface area contributed by atoms with Gasteiger partial charge in [0.2, 0.25) is 0 Å². The zero-order chi connectivity index (χ0) is 12.5. The molecule has 5 heteroatoms. The van der Waals surface area contributed by atoms with Crippen molar-refractivity contribution in [2.45, 2.75) is 6.54 Å². The van der Waals surface area contributed by atoms with Crippen LogP contribution in [0.1, 0.15) is 11.3 Å². The average Bonchev–Trinajstić information content (AvgIpc) is 2.78. The molecule has 0 saturated heterocycles. The highest BCUT2D eigenvalue weighted by Crippen LogP contribution is 2.19. The van der Waals surface area contributed by atoms with E-state index in [0.717, 1.165) is 23.4 Å². The molecule has 3 rings (SSSR count). The fourth-order valence-corrected chi connectivity index (χ4v) is 1.83. The molecular weight excluding hydrogens is 236 g/mol. The van der Waals surface area contributed by atoms with Gasteiger partial charge in [0.05, 0.1) is 6.54 Å². The molecule has 0 fully saturated rings. The summed E-state index contributed by atoms with van der Waals surface area (Å²) in [6.07, 6.45) is 1.67. The van der Waals surface area contributed by atoms with Crippen LogP contribution in [0.4, 0.5) is 14.5 Å². The van der Waals surface area contributed by atoms with Crippen molar-refractivity contribution in [2.75, 3.05) is 5.32 Å². The van der Waals surface area contributed by atoms with E-state index < -0.39 is 11.6 Å². The standard InChI is InChI=1S/C13H9F2N3/c14-10-4-3-9(6-11(10)15)18-13-12-8(7-17-13)2-1-5-16-12/h1-6H,7H2,(H,17,18). The molecule has 18 heavy (non-hydrogen) atoms. The first kappa shape index (κ1) is 10.8. The fraction of sp³-hybridized carbons (Fsp3) is 0.0769. The Morgan fingerprint density at radius 3 is 2.83 bits per heavy atom. The van der Waals surface area contributed by atoms with Gasteiger partial charge in [-0.05, 0) is 18.2 Å². The van der Waals surface area contributed by atoms with Crippen LogP contribution in [0.5, 0.6) is 0 Å². The molecule has 0 unspecified atom stereocenters. The van der Waals surface area contributed by atoms with Gasteiger partial charge in [-0.25, -0.2) is 8.78 Å². The number of nitrogens with zero attached hydrogens (tertiary/aromatic N) is 2. The molecule has 1 N–H and O–H groups in total. The molecule has 0 bridgehead atoms. The third-order valence-corrected chi connectivity index (χ3v) is 2.71. The molecule has 0 aliphatic carbocycles. The number of fused-ring (bicyclic) bond motifs is 1. The molecule has 0 amide bonds. The van der Waals surface area contributed by atoms with Crippen molar-refractivity contribution in [3.05, 3.63) is 59.4 Å². The van der Waals surface area contributed by atoms with Crippen LogP contribution >= 0.6 is 0 Å². The van der Waals surface area contributed by atoms with Crippen molar-refractivity contribution in [1.82, 2.24) is 4.98 Å². The van der Waals surface area contributed by atoms with Crippen LogP contribution in [0.15, 0.2) is 41.5 Å². The highest BCUT2D eigenvalue weighted by molar-refractivity contribution is 6.09. The van der Waals surface area contributed by atoms with Crippen LogP contribution in [-0.4, -0.2) is 10.8 Å². The number of amidine groups is 1. The molecule has 0 saturated carbocycles. The Labute approximate surface area is 102 Å². The lowest BCUT2D eigenvalue weighted by Gasteiger charge is -2.06. The summed E-state index contributed by atoms with van der Waals surface area (Å²) in [6, 6.07) is 7.41. The molecule has 0 radical (unpaired) electrons. The van der Waals surface area contributed by atoms with E-state index >= 15 is 0 Å². The van der Waals surface area contributed by atoms with E-state index in [1.54, 1.807) is 6.20 Å². The fourth-order valence-electron chi connectivity index (χ4n) is 1.83. The zero-order valence-corrected chi connectivity index (χ0v) is 9.32. The van der Waals surface area contributed by atoms with Crippen molar-refractivity contribution >= 4 is 11.5 Å². The summed E-state index contributed by atoms with van der Waals surface area (Å²) in [4.78, 5) is 8.49. The molecular formula is C13H9F2N3. The van der Waals surface area contributed by atoms with E-state index in [1.165, 1.54) is 6.07 Å². The second-order valence-corrected chi connectivity index (χ2v) is 3.93. The van der Waals surface area contributed by atoms with Crippen molar-refractivity contribution in [3.8, 4) is 0 Å². The number of halogens is 2. The molecule has 2 heterocycles. The number of hydrogen-bond acceptors (Lipinski definition) is 3. The van der Waals surface area contributed by atoms with E-state index in [-0.39, 0.29) is 0 Å². The van der Waals surface area contributed by atoms with Crippen molar-refractivity contribution in [1.29, 1.82) is 0 Å². The first-order chi connectivity index (χ1) is 8.74. The second-order valence-electron chi connectivity index (χ2n) is 3.93. The van der Waals surface area contributed by atoms with Gasteiger partial charge in [0.15, 0.2) is 17.5 Å². The molecule has 90 valence electrons. The molecule has 0 spiro atoms. The van der Waals surface area contributed by atoms with E-state index in [0.29, 0.717) is 18.1 Å². The Kier molecular flexibility index (Phi) is 2.51. The van der Waals surface area contributed by atoms with Gasteiger partial charge in [-0.15, -0.1) is 0 Å². The number of pyridine rings is 1. The number of aromatic nitrogens is 1. The van der Waals surface area contributed by atoms with Gasteiger partial charge < -0.3 is 5.32 Å². The lowest BCUT2D eigenvalue weighted by atomic mass is 10.2. The summed E-state index contributed by atoms with van der Waals surface area (Å²) >= 11 is 0.